The van der Waals surface area contributed by atoms with Gasteiger partial charge in [-0.15, -0.1) is 0 Å². The minimum atomic E-state index is -0.698. The zero-order valence-electron chi connectivity index (χ0n) is 14.2. The Morgan fingerprint density at radius 3 is 1.41 bits per heavy atom. The van der Waals surface area contributed by atoms with Crippen molar-refractivity contribution >= 4 is 11.8 Å². The summed E-state index contributed by atoms with van der Waals surface area (Å²) < 4.78 is 0. The van der Waals surface area contributed by atoms with Crippen LogP contribution in [0.2, 0.25) is 0 Å². The maximum atomic E-state index is 12.5. The molecule has 142 valence electrons. The van der Waals surface area contributed by atoms with Gasteiger partial charge in [-0.2, -0.15) is 0 Å². The summed E-state index contributed by atoms with van der Waals surface area (Å²) in [5.74, 6) is -3.18. The average molecular weight is 374 g/mol. The fourth-order valence-corrected chi connectivity index (χ4v) is 2.92. The molecule has 3 rings (SSSR count). The number of rotatable bonds is 2. The molecule has 0 saturated carbocycles. The van der Waals surface area contributed by atoms with Crippen LogP contribution in [0.25, 0.3) is 0 Å². The molecule has 0 radical (unpaired) electrons. The average Bonchev–Trinajstić information content (AvgIpc) is 2.64. The summed E-state index contributed by atoms with van der Waals surface area (Å²) in [6.45, 7) is 0.906. The SMILES string of the molecule is O=C(c1cc(O)cc(O)c1)N1CCN(C(=O)c2cc(O)c(O)c(O)c2)CC1. The lowest BCUT2D eigenvalue weighted by molar-refractivity contribution is 0.0535. The topological polar surface area (TPSA) is 142 Å². The third-order valence-corrected chi connectivity index (χ3v) is 4.32. The molecule has 0 aliphatic carbocycles. The number of hydrogen-bond acceptors (Lipinski definition) is 7. The lowest BCUT2D eigenvalue weighted by atomic mass is 10.1. The third-order valence-electron chi connectivity index (χ3n) is 4.32. The highest BCUT2D eigenvalue weighted by molar-refractivity contribution is 5.97. The quantitative estimate of drug-likeness (QED) is 0.490. The van der Waals surface area contributed by atoms with Gasteiger partial charge in [0.15, 0.2) is 17.2 Å². The van der Waals surface area contributed by atoms with Crippen molar-refractivity contribution in [3.63, 3.8) is 0 Å². The van der Waals surface area contributed by atoms with Gasteiger partial charge in [-0.25, -0.2) is 0 Å². The van der Waals surface area contributed by atoms with Gasteiger partial charge in [-0.1, -0.05) is 0 Å². The molecular weight excluding hydrogens is 356 g/mol. The zero-order chi connectivity index (χ0) is 19.7. The second-order valence-corrected chi connectivity index (χ2v) is 6.19. The van der Waals surface area contributed by atoms with Gasteiger partial charge in [-0.05, 0) is 24.3 Å². The number of carbonyl (C=O) groups excluding carboxylic acids is 2. The molecule has 27 heavy (non-hydrogen) atoms. The number of hydrogen-bond donors (Lipinski definition) is 5. The van der Waals surface area contributed by atoms with Crippen LogP contribution < -0.4 is 0 Å². The first-order valence-corrected chi connectivity index (χ1v) is 8.13. The van der Waals surface area contributed by atoms with Gasteiger partial charge in [0, 0.05) is 43.4 Å². The Labute approximate surface area is 153 Å². The molecule has 0 aromatic heterocycles. The maximum absolute atomic E-state index is 12.5. The molecule has 2 aromatic carbocycles. The maximum Gasteiger partial charge on any atom is 0.254 e. The van der Waals surface area contributed by atoms with Crippen LogP contribution in [0.15, 0.2) is 30.3 Å². The van der Waals surface area contributed by atoms with Crippen molar-refractivity contribution in [2.45, 2.75) is 0 Å². The summed E-state index contributed by atoms with van der Waals surface area (Å²) in [6, 6.07) is 5.74. The first kappa shape index (κ1) is 18.2. The third kappa shape index (κ3) is 3.66. The van der Waals surface area contributed by atoms with Crippen molar-refractivity contribution in [3.8, 4) is 28.7 Å². The van der Waals surface area contributed by atoms with Crippen LogP contribution in [-0.4, -0.2) is 73.3 Å². The van der Waals surface area contributed by atoms with Crippen molar-refractivity contribution in [3.05, 3.63) is 41.5 Å². The number of nitrogens with zero attached hydrogens (tertiary/aromatic N) is 2. The molecule has 9 nitrogen and oxygen atoms in total. The number of piperazine rings is 1. The standard InChI is InChI=1S/C18H18N2O7/c21-12-5-10(6-13(22)9-12)17(26)19-1-3-20(4-2-19)18(27)11-7-14(23)16(25)15(24)8-11/h5-9,21-25H,1-4H2. The van der Waals surface area contributed by atoms with E-state index in [4.69, 9.17) is 0 Å². The number of carbonyl (C=O) groups is 2. The van der Waals surface area contributed by atoms with E-state index in [1.54, 1.807) is 0 Å². The van der Waals surface area contributed by atoms with Crippen LogP contribution >= 0.6 is 0 Å². The van der Waals surface area contributed by atoms with E-state index in [1.165, 1.54) is 21.9 Å². The summed E-state index contributed by atoms with van der Waals surface area (Å²) in [6.07, 6.45) is 0. The van der Waals surface area contributed by atoms with E-state index < -0.39 is 23.2 Å². The van der Waals surface area contributed by atoms with Gasteiger partial charge >= 0.3 is 0 Å². The highest BCUT2D eigenvalue weighted by Gasteiger charge is 2.27. The minimum Gasteiger partial charge on any atom is -0.508 e. The number of phenols is 5. The normalized spacial score (nSPS) is 14.2. The molecule has 5 N–H and O–H groups in total. The fraction of sp³-hybridized carbons (Fsp3) is 0.222. The second-order valence-electron chi connectivity index (χ2n) is 6.19. The van der Waals surface area contributed by atoms with Crippen LogP contribution in [0, 0.1) is 0 Å². The van der Waals surface area contributed by atoms with Gasteiger partial charge < -0.3 is 35.3 Å². The Morgan fingerprint density at radius 2 is 1.00 bits per heavy atom. The first-order valence-electron chi connectivity index (χ1n) is 8.13. The minimum absolute atomic E-state index is 0.0143. The van der Waals surface area contributed by atoms with Crippen molar-refractivity contribution in [2.24, 2.45) is 0 Å². The zero-order valence-corrected chi connectivity index (χ0v) is 14.2. The summed E-state index contributed by atoms with van der Waals surface area (Å²) in [5, 5.41) is 47.4. The Hall–Kier alpha value is -3.62. The fourth-order valence-electron chi connectivity index (χ4n) is 2.92. The predicted octanol–water partition coefficient (Wildman–Crippen LogP) is 0.813. The molecular formula is C18H18N2O7. The van der Waals surface area contributed by atoms with E-state index in [2.05, 4.69) is 0 Å². The van der Waals surface area contributed by atoms with Gasteiger partial charge in [0.2, 0.25) is 0 Å². The Balaban J connectivity index is 1.68. The lowest BCUT2D eigenvalue weighted by Crippen LogP contribution is -2.50. The number of benzene rings is 2. The molecule has 1 aliphatic rings. The van der Waals surface area contributed by atoms with E-state index in [1.807, 2.05) is 0 Å². The van der Waals surface area contributed by atoms with Crippen molar-refractivity contribution in [2.75, 3.05) is 26.2 Å². The van der Waals surface area contributed by atoms with Crippen molar-refractivity contribution in [1.82, 2.24) is 9.80 Å². The highest BCUT2D eigenvalue weighted by atomic mass is 16.3. The smallest absolute Gasteiger partial charge is 0.254 e. The molecule has 1 saturated heterocycles. The van der Waals surface area contributed by atoms with Crippen LogP contribution in [0.3, 0.4) is 0 Å². The second kappa shape index (κ2) is 6.94. The predicted molar refractivity (Wildman–Crippen MR) is 93.0 cm³/mol. The van der Waals surface area contributed by atoms with E-state index >= 15 is 0 Å². The molecule has 1 heterocycles. The van der Waals surface area contributed by atoms with E-state index in [-0.39, 0.29) is 54.7 Å². The first-order chi connectivity index (χ1) is 12.8. The van der Waals surface area contributed by atoms with Gasteiger partial charge in [0.1, 0.15) is 11.5 Å². The van der Waals surface area contributed by atoms with Crippen molar-refractivity contribution in [1.29, 1.82) is 0 Å². The number of phenolic OH excluding ortho intramolecular Hbond substituents is 5. The number of amides is 2. The van der Waals surface area contributed by atoms with E-state index in [9.17, 15) is 35.1 Å². The highest BCUT2D eigenvalue weighted by Crippen LogP contribution is 2.35. The van der Waals surface area contributed by atoms with Gasteiger partial charge in [0.05, 0.1) is 0 Å². The summed E-state index contributed by atoms with van der Waals surface area (Å²) in [5.41, 5.74) is 0.154. The Morgan fingerprint density at radius 1 is 0.630 bits per heavy atom. The Bertz CT molecular complexity index is 861. The molecule has 0 bridgehead atoms. The molecule has 1 fully saturated rings. The molecule has 2 amide bonds. The Kier molecular flexibility index (Phi) is 4.68. The molecule has 0 unspecified atom stereocenters. The molecule has 0 spiro atoms. The van der Waals surface area contributed by atoms with Crippen LogP contribution in [0.1, 0.15) is 20.7 Å². The summed E-state index contributed by atoms with van der Waals surface area (Å²) >= 11 is 0. The van der Waals surface area contributed by atoms with Gasteiger partial charge in [-0.3, -0.25) is 9.59 Å². The molecule has 2 aromatic rings. The van der Waals surface area contributed by atoms with E-state index in [0.29, 0.717) is 0 Å². The molecule has 1 aliphatic heterocycles. The van der Waals surface area contributed by atoms with Crippen LogP contribution in [0.4, 0.5) is 0 Å². The van der Waals surface area contributed by atoms with E-state index in [0.717, 1.165) is 18.2 Å². The van der Waals surface area contributed by atoms with Gasteiger partial charge in [0.25, 0.3) is 11.8 Å². The monoisotopic (exact) mass is 374 g/mol. The molecule has 9 heteroatoms. The van der Waals surface area contributed by atoms with Crippen LogP contribution in [0.5, 0.6) is 28.7 Å². The summed E-state index contributed by atoms with van der Waals surface area (Å²) in [4.78, 5) is 27.9. The largest absolute Gasteiger partial charge is 0.508 e. The number of aromatic hydroxyl groups is 5. The van der Waals surface area contributed by atoms with Crippen molar-refractivity contribution < 1.29 is 35.1 Å². The summed E-state index contributed by atoms with van der Waals surface area (Å²) in [7, 11) is 0. The molecule has 0 atom stereocenters. The lowest BCUT2D eigenvalue weighted by Gasteiger charge is -2.35. The van der Waals surface area contributed by atoms with Crippen LogP contribution in [-0.2, 0) is 0 Å².